The van der Waals surface area contributed by atoms with E-state index < -0.39 is 11.6 Å². The summed E-state index contributed by atoms with van der Waals surface area (Å²) in [5.41, 5.74) is 0.934. The zero-order valence-corrected chi connectivity index (χ0v) is 14.5. The smallest absolute Gasteiger partial charge is 0.325 e. The zero-order valence-electron chi connectivity index (χ0n) is 13.7. The second-order valence-electron chi connectivity index (χ2n) is 6.64. The fraction of sp³-hybridized carbons (Fsp3) is 0.471. The second kappa shape index (κ2) is 6.65. The van der Waals surface area contributed by atoms with Gasteiger partial charge in [0.05, 0.1) is 0 Å². The molecular weight excluding hydrogens is 344 g/mol. The summed E-state index contributed by atoms with van der Waals surface area (Å²) in [4.78, 5) is 38.5. The predicted molar refractivity (Wildman–Crippen MR) is 93.4 cm³/mol. The standard InChI is InChI=1S/C17H20N4O3.ClH/c22-14(19-12-6-8-18-9-12)10-21-15(23)17(20-16(21)24)7-5-11-3-1-2-4-13(11)17;/h1-4,12,18H,5-10H2,(H,19,22)(H,20,24);1H. The summed E-state index contributed by atoms with van der Waals surface area (Å²) >= 11 is 0. The van der Waals surface area contributed by atoms with E-state index in [1.807, 2.05) is 24.3 Å². The Balaban J connectivity index is 0.00000182. The first-order valence-corrected chi connectivity index (χ1v) is 8.33. The molecule has 4 amide bonds. The highest BCUT2D eigenvalue weighted by Crippen LogP contribution is 2.41. The van der Waals surface area contributed by atoms with Gasteiger partial charge in [0.25, 0.3) is 5.91 Å². The first-order chi connectivity index (χ1) is 11.6. The van der Waals surface area contributed by atoms with Gasteiger partial charge in [0.2, 0.25) is 5.91 Å². The van der Waals surface area contributed by atoms with Gasteiger partial charge in [0.15, 0.2) is 0 Å². The third-order valence-electron chi connectivity index (χ3n) is 5.15. The fourth-order valence-corrected chi connectivity index (χ4v) is 3.93. The maximum atomic E-state index is 12.9. The number of nitrogens with zero attached hydrogens (tertiary/aromatic N) is 1. The highest BCUT2D eigenvalue weighted by atomic mass is 35.5. The Kier molecular flexibility index (Phi) is 4.71. The number of hydrogen-bond acceptors (Lipinski definition) is 4. The molecule has 8 heteroatoms. The number of carbonyl (C=O) groups is 3. The molecule has 3 N–H and O–H groups in total. The third-order valence-corrected chi connectivity index (χ3v) is 5.15. The van der Waals surface area contributed by atoms with Gasteiger partial charge in [-0.2, -0.15) is 0 Å². The lowest BCUT2D eigenvalue weighted by Gasteiger charge is -2.22. The van der Waals surface area contributed by atoms with Gasteiger partial charge in [-0.25, -0.2) is 4.79 Å². The number of aryl methyl sites for hydroxylation is 1. The van der Waals surface area contributed by atoms with Crippen molar-refractivity contribution in [2.45, 2.75) is 30.8 Å². The van der Waals surface area contributed by atoms with E-state index in [0.29, 0.717) is 6.42 Å². The molecule has 1 aromatic rings. The van der Waals surface area contributed by atoms with Gasteiger partial charge in [0, 0.05) is 12.6 Å². The molecule has 3 aliphatic rings. The Morgan fingerprint density at radius 2 is 2.12 bits per heavy atom. The molecule has 2 heterocycles. The Labute approximate surface area is 151 Å². The number of halogens is 1. The van der Waals surface area contributed by atoms with Crippen LogP contribution < -0.4 is 16.0 Å². The van der Waals surface area contributed by atoms with E-state index in [1.165, 1.54) is 0 Å². The number of urea groups is 1. The number of hydrogen-bond donors (Lipinski definition) is 3. The number of rotatable bonds is 3. The van der Waals surface area contributed by atoms with Gasteiger partial charge in [0.1, 0.15) is 12.1 Å². The molecule has 2 fully saturated rings. The predicted octanol–water partition coefficient (Wildman–Crippen LogP) is 0.280. The third kappa shape index (κ3) is 2.87. The summed E-state index contributed by atoms with van der Waals surface area (Å²) in [5, 5.41) is 8.86. The molecule has 1 spiro atoms. The van der Waals surface area contributed by atoms with E-state index in [0.717, 1.165) is 42.0 Å². The van der Waals surface area contributed by atoms with Crippen LogP contribution in [-0.2, 0) is 21.5 Å². The van der Waals surface area contributed by atoms with E-state index in [2.05, 4.69) is 16.0 Å². The SMILES string of the molecule is Cl.O=C(CN1C(=O)NC2(CCc3ccccc32)C1=O)NC1CCNC1. The Hall–Kier alpha value is -2.12. The van der Waals surface area contributed by atoms with E-state index in [1.54, 1.807) is 0 Å². The van der Waals surface area contributed by atoms with Crippen LogP contribution in [0.15, 0.2) is 24.3 Å². The van der Waals surface area contributed by atoms with Gasteiger partial charge in [-0.1, -0.05) is 24.3 Å². The molecule has 0 aromatic heterocycles. The van der Waals surface area contributed by atoms with Crippen LogP contribution in [0.3, 0.4) is 0 Å². The summed E-state index contributed by atoms with van der Waals surface area (Å²) in [6.07, 6.45) is 2.15. The average molecular weight is 365 g/mol. The molecule has 0 bridgehead atoms. The van der Waals surface area contributed by atoms with Crippen molar-refractivity contribution >= 4 is 30.3 Å². The summed E-state index contributed by atoms with van der Waals surface area (Å²) in [5.74, 6) is -0.618. The van der Waals surface area contributed by atoms with Gasteiger partial charge in [-0.15, -0.1) is 12.4 Å². The largest absolute Gasteiger partial charge is 0.350 e. The molecule has 4 rings (SSSR count). The first kappa shape index (κ1) is 17.7. The van der Waals surface area contributed by atoms with E-state index in [9.17, 15) is 14.4 Å². The van der Waals surface area contributed by atoms with Crippen molar-refractivity contribution < 1.29 is 14.4 Å². The molecule has 2 saturated heterocycles. The Morgan fingerprint density at radius 1 is 1.32 bits per heavy atom. The lowest BCUT2D eigenvalue weighted by atomic mass is 9.92. The van der Waals surface area contributed by atoms with Crippen LogP contribution >= 0.6 is 12.4 Å². The molecule has 2 atom stereocenters. The fourth-order valence-electron chi connectivity index (χ4n) is 3.93. The topological polar surface area (TPSA) is 90.5 Å². The van der Waals surface area contributed by atoms with Crippen molar-refractivity contribution in [3.8, 4) is 0 Å². The molecule has 1 aromatic carbocycles. The number of carbonyl (C=O) groups excluding carboxylic acids is 3. The van der Waals surface area contributed by atoms with Crippen molar-refractivity contribution in [2.75, 3.05) is 19.6 Å². The number of benzene rings is 1. The molecule has 134 valence electrons. The van der Waals surface area contributed by atoms with Crippen molar-refractivity contribution in [3.05, 3.63) is 35.4 Å². The van der Waals surface area contributed by atoms with Crippen molar-refractivity contribution in [2.24, 2.45) is 0 Å². The minimum atomic E-state index is -0.997. The minimum absolute atomic E-state index is 0. The molecule has 0 radical (unpaired) electrons. The minimum Gasteiger partial charge on any atom is -0.350 e. The first-order valence-electron chi connectivity index (χ1n) is 8.33. The maximum absolute atomic E-state index is 12.9. The zero-order chi connectivity index (χ0) is 16.7. The molecule has 1 aliphatic carbocycles. The molecule has 2 aliphatic heterocycles. The molecule has 7 nitrogen and oxygen atoms in total. The molecular formula is C17H21ClN4O3. The van der Waals surface area contributed by atoms with Gasteiger partial charge in [-0.05, 0) is 36.9 Å². The average Bonchev–Trinajstić information content (AvgIpc) is 3.25. The van der Waals surface area contributed by atoms with Crippen LogP contribution in [0.2, 0.25) is 0 Å². The van der Waals surface area contributed by atoms with Crippen LogP contribution in [0, 0.1) is 0 Å². The van der Waals surface area contributed by atoms with Crippen LogP contribution in [0.4, 0.5) is 4.79 Å². The second-order valence-corrected chi connectivity index (χ2v) is 6.64. The quantitative estimate of drug-likeness (QED) is 0.672. The lowest BCUT2D eigenvalue weighted by molar-refractivity contribution is -0.135. The molecule has 25 heavy (non-hydrogen) atoms. The van der Waals surface area contributed by atoms with E-state index in [-0.39, 0.29) is 36.8 Å². The highest BCUT2D eigenvalue weighted by molar-refractivity contribution is 6.09. The van der Waals surface area contributed by atoms with Crippen molar-refractivity contribution in [3.63, 3.8) is 0 Å². The summed E-state index contributed by atoms with van der Waals surface area (Å²) in [7, 11) is 0. The Bertz CT molecular complexity index is 720. The number of nitrogens with one attached hydrogen (secondary N) is 3. The van der Waals surface area contributed by atoms with Gasteiger partial charge >= 0.3 is 6.03 Å². The van der Waals surface area contributed by atoms with Crippen molar-refractivity contribution in [1.82, 2.24) is 20.9 Å². The van der Waals surface area contributed by atoms with Crippen LogP contribution in [0.1, 0.15) is 24.0 Å². The number of imide groups is 1. The summed E-state index contributed by atoms with van der Waals surface area (Å²) < 4.78 is 0. The van der Waals surface area contributed by atoms with Crippen molar-refractivity contribution in [1.29, 1.82) is 0 Å². The molecule has 2 unspecified atom stereocenters. The van der Waals surface area contributed by atoms with Gasteiger partial charge in [-0.3, -0.25) is 14.5 Å². The number of amides is 4. The van der Waals surface area contributed by atoms with Crippen LogP contribution in [-0.4, -0.2) is 48.4 Å². The molecule has 0 saturated carbocycles. The van der Waals surface area contributed by atoms with Gasteiger partial charge < -0.3 is 16.0 Å². The summed E-state index contributed by atoms with van der Waals surface area (Å²) in [6.45, 7) is 1.36. The normalized spacial score (nSPS) is 27.2. The Morgan fingerprint density at radius 3 is 2.88 bits per heavy atom. The van der Waals surface area contributed by atoms with E-state index in [4.69, 9.17) is 0 Å². The maximum Gasteiger partial charge on any atom is 0.325 e. The monoisotopic (exact) mass is 364 g/mol. The van der Waals surface area contributed by atoms with E-state index >= 15 is 0 Å². The summed E-state index contributed by atoms with van der Waals surface area (Å²) in [6, 6.07) is 7.24. The lowest BCUT2D eigenvalue weighted by Crippen LogP contribution is -2.46. The van der Waals surface area contributed by atoms with Crippen LogP contribution in [0.5, 0.6) is 0 Å². The van der Waals surface area contributed by atoms with Crippen LogP contribution in [0.25, 0.3) is 0 Å². The number of fused-ring (bicyclic) bond motifs is 2. The highest BCUT2D eigenvalue weighted by Gasteiger charge is 2.55.